The summed E-state index contributed by atoms with van der Waals surface area (Å²) in [5.41, 5.74) is 1.46. The Morgan fingerprint density at radius 3 is 3.05 bits per heavy atom. The molecule has 19 heavy (non-hydrogen) atoms. The number of ether oxygens (including phenoxy) is 1. The van der Waals surface area contributed by atoms with E-state index in [2.05, 4.69) is 5.32 Å². The van der Waals surface area contributed by atoms with E-state index in [1.54, 1.807) is 19.1 Å². The summed E-state index contributed by atoms with van der Waals surface area (Å²) in [5, 5.41) is 2.90. The predicted molar refractivity (Wildman–Crippen MR) is 72.0 cm³/mol. The van der Waals surface area contributed by atoms with Gasteiger partial charge in [-0.15, -0.1) is 0 Å². The second kappa shape index (κ2) is 6.48. The molecule has 0 aliphatic carbocycles. The lowest BCUT2D eigenvalue weighted by molar-refractivity contribution is -0.118. The van der Waals surface area contributed by atoms with Gasteiger partial charge in [0.05, 0.1) is 12.6 Å². The maximum Gasteiger partial charge on any atom is 0.244 e. The van der Waals surface area contributed by atoms with E-state index in [0.29, 0.717) is 6.61 Å². The van der Waals surface area contributed by atoms with Crippen molar-refractivity contribution in [3.63, 3.8) is 0 Å². The van der Waals surface area contributed by atoms with Crippen molar-refractivity contribution in [1.29, 1.82) is 0 Å². The monoisotopic (exact) mass is 263 g/mol. The Balaban J connectivity index is 1.97. The van der Waals surface area contributed by atoms with Crippen molar-refractivity contribution in [2.75, 3.05) is 13.2 Å². The molecule has 1 aliphatic rings. The van der Waals surface area contributed by atoms with Crippen molar-refractivity contribution in [1.82, 2.24) is 5.32 Å². The van der Waals surface area contributed by atoms with E-state index in [4.69, 9.17) is 4.74 Å². The molecule has 1 heterocycles. The molecule has 4 heteroatoms. The number of hydrogen-bond donors (Lipinski definition) is 1. The number of nitrogens with one attached hydrogen (secondary N) is 1. The molecule has 0 aromatic heterocycles. The number of benzene rings is 1. The first kappa shape index (κ1) is 13.7. The SMILES string of the molecule is C/C(=C/C(=O)NC1CCCOC1)c1cccc(F)c1. The van der Waals surface area contributed by atoms with Crippen molar-refractivity contribution in [3.8, 4) is 0 Å². The molecule has 1 aliphatic heterocycles. The molecule has 1 aromatic carbocycles. The van der Waals surface area contributed by atoms with Crippen LogP contribution in [0.1, 0.15) is 25.3 Å². The lowest BCUT2D eigenvalue weighted by atomic mass is 10.1. The molecular formula is C15H18FNO2. The standard InChI is InChI=1S/C15H18FNO2/c1-11(12-4-2-5-13(16)9-12)8-15(18)17-14-6-3-7-19-10-14/h2,4-5,8-9,14H,3,6-7,10H2,1H3,(H,17,18)/b11-8-. The van der Waals surface area contributed by atoms with E-state index in [0.717, 1.165) is 30.6 Å². The molecule has 0 radical (unpaired) electrons. The van der Waals surface area contributed by atoms with Gasteiger partial charge < -0.3 is 10.1 Å². The van der Waals surface area contributed by atoms with Crippen LogP contribution in [0.3, 0.4) is 0 Å². The van der Waals surface area contributed by atoms with Crippen LogP contribution in [-0.4, -0.2) is 25.2 Å². The van der Waals surface area contributed by atoms with Crippen LogP contribution in [0.15, 0.2) is 30.3 Å². The number of amides is 1. The van der Waals surface area contributed by atoms with Crippen molar-refractivity contribution >= 4 is 11.5 Å². The van der Waals surface area contributed by atoms with Crippen molar-refractivity contribution < 1.29 is 13.9 Å². The summed E-state index contributed by atoms with van der Waals surface area (Å²) >= 11 is 0. The van der Waals surface area contributed by atoms with Gasteiger partial charge in [-0.2, -0.15) is 0 Å². The largest absolute Gasteiger partial charge is 0.379 e. The minimum Gasteiger partial charge on any atom is -0.379 e. The van der Waals surface area contributed by atoms with Gasteiger partial charge in [0.25, 0.3) is 0 Å². The predicted octanol–water partition coefficient (Wildman–Crippen LogP) is 2.52. The summed E-state index contributed by atoms with van der Waals surface area (Å²) in [6.45, 7) is 3.13. The zero-order valence-electron chi connectivity index (χ0n) is 11.0. The first-order valence-corrected chi connectivity index (χ1v) is 6.47. The molecule has 1 atom stereocenters. The molecular weight excluding hydrogens is 245 g/mol. The first-order valence-electron chi connectivity index (χ1n) is 6.47. The summed E-state index contributed by atoms with van der Waals surface area (Å²) in [6.07, 6.45) is 3.42. The molecule has 0 saturated carbocycles. The third kappa shape index (κ3) is 4.17. The summed E-state index contributed by atoms with van der Waals surface area (Å²) in [5.74, 6) is -0.455. The van der Waals surface area contributed by atoms with Gasteiger partial charge in [-0.1, -0.05) is 12.1 Å². The molecule has 1 aromatic rings. The van der Waals surface area contributed by atoms with E-state index < -0.39 is 0 Å². The molecule has 1 saturated heterocycles. The van der Waals surface area contributed by atoms with Gasteiger partial charge >= 0.3 is 0 Å². The minimum absolute atomic E-state index is 0.0813. The topological polar surface area (TPSA) is 38.3 Å². The first-order chi connectivity index (χ1) is 9.15. The number of halogens is 1. The van der Waals surface area contributed by atoms with Crippen LogP contribution in [0.25, 0.3) is 5.57 Å². The average molecular weight is 263 g/mol. The highest BCUT2D eigenvalue weighted by Crippen LogP contribution is 2.14. The van der Waals surface area contributed by atoms with Gasteiger partial charge in [-0.25, -0.2) is 4.39 Å². The minimum atomic E-state index is -0.300. The van der Waals surface area contributed by atoms with Crippen LogP contribution in [0.4, 0.5) is 4.39 Å². The van der Waals surface area contributed by atoms with E-state index in [1.807, 2.05) is 0 Å². The van der Waals surface area contributed by atoms with E-state index >= 15 is 0 Å². The normalized spacial score (nSPS) is 20.1. The number of allylic oxidation sites excluding steroid dienone is 1. The molecule has 0 bridgehead atoms. The van der Waals surface area contributed by atoms with E-state index in [-0.39, 0.29) is 17.8 Å². The Hall–Kier alpha value is -1.68. The number of carbonyl (C=O) groups is 1. The van der Waals surface area contributed by atoms with E-state index in [9.17, 15) is 9.18 Å². The summed E-state index contributed by atoms with van der Waals surface area (Å²) in [7, 11) is 0. The summed E-state index contributed by atoms with van der Waals surface area (Å²) in [4.78, 5) is 11.8. The molecule has 1 N–H and O–H groups in total. The Morgan fingerprint density at radius 2 is 2.37 bits per heavy atom. The molecule has 102 valence electrons. The number of hydrogen-bond acceptors (Lipinski definition) is 2. The van der Waals surface area contributed by atoms with Crippen LogP contribution >= 0.6 is 0 Å². The fourth-order valence-electron chi connectivity index (χ4n) is 2.11. The Bertz CT molecular complexity index is 479. The van der Waals surface area contributed by atoms with Crippen molar-refractivity contribution in [2.24, 2.45) is 0 Å². The molecule has 1 amide bonds. The smallest absolute Gasteiger partial charge is 0.244 e. The lowest BCUT2D eigenvalue weighted by Gasteiger charge is -2.22. The Kier molecular flexibility index (Phi) is 4.68. The quantitative estimate of drug-likeness (QED) is 0.851. The summed E-state index contributed by atoms with van der Waals surface area (Å²) < 4.78 is 18.4. The molecule has 3 nitrogen and oxygen atoms in total. The fraction of sp³-hybridized carbons (Fsp3) is 0.400. The molecule has 1 unspecified atom stereocenters. The Morgan fingerprint density at radius 1 is 1.53 bits per heavy atom. The third-order valence-electron chi connectivity index (χ3n) is 3.13. The number of carbonyl (C=O) groups excluding carboxylic acids is 1. The lowest BCUT2D eigenvalue weighted by Crippen LogP contribution is -2.39. The molecule has 0 spiro atoms. The van der Waals surface area contributed by atoms with Gasteiger partial charge in [0, 0.05) is 12.7 Å². The van der Waals surface area contributed by atoms with Crippen LogP contribution in [-0.2, 0) is 9.53 Å². The fourth-order valence-corrected chi connectivity index (χ4v) is 2.11. The van der Waals surface area contributed by atoms with Crippen molar-refractivity contribution in [3.05, 3.63) is 41.7 Å². The van der Waals surface area contributed by atoms with Crippen LogP contribution < -0.4 is 5.32 Å². The van der Waals surface area contributed by atoms with Crippen molar-refractivity contribution in [2.45, 2.75) is 25.8 Å². The van der Waals surface area contributed by atoms with Gasteiger partial charge in [0.1, 0.15) is 5.82 Å². The van der Waals surface area contributed by atoms with Gasteiger partial charge in [0.15, 0.2) is 0 Å². The van der Waals surface area contributed by atoms with Gasteiger partial charge in [-0.05, 0) is 43.0 Å². The third-order valence-corrected chi connectivity index (χ3v) is 3.13. The zero-order chi connectivity index (χ0) is 13.7. The summed E-state index contributed by atoms with van der Waals surface area (Å²) in [6, 6.07) is 6.30. The van der Waals surface area contributed by atoms with Gasteiger partial charge in [-0.3, -0.25) is 4.79 Å². The second-order valence-electron chi connectivity index (χ2n) is 4.76. The number of rotatable bonds is 3. The molecule has 1 fully saturated rings. The maximum absolute atomic E-state index is 13.1. The average Bonchev–Trinajstić information content (AvgIpc) is 2.39. The zero-order valence-corrected chi connectivity index (χ0v) is 11.0. The Labute approximate surface area is 112 Å². The van der Waals surface area contributed by atoms with Crippen LogP contribution in [0.5, 0.6) is 0 Å². The highest BCUT2D eigenvalue weighted by Gasteiger charge is 2.15. The van der Waals surface area contributed by atoms with Crippen LogP contribution in [0, 0.1) is 5.82 Å². The highest BCUT2D eigenvalue weighted by atomic mass is 19.1. The maximum atomic E-state index is 13.1. The second-order valence-corrected chi connectivity index (χ2v) is 4.76. The van der Waals surface area contributed by atoms with E-state index in [1.165, 1.54) is 18.2 Å². The van der Waals surface area contributed by atoms with Gasteiger partial charge in [0.2, 0.25) is 5.91 Å². The molecule has 2 rings (SSSR count). The van der Waals surface area contributed by atoms with Crippen LogP contribution in [0.2, 0.25) is 0 Å². The highest BCUT2D eigenvalue weighted by molar-refractivity contribution is 5.95.